The number of rotatable bonds is 6. The van der Waals surface area contributed by atoms with Crippen LogP contribution in [0.4, 0.5) is 5.69 Å². The Morgan fingerprint density at radius 1 is 1.04 bits per heavy atom. The highest BCUT2D eigenvalue weighted by Gasteiger charge is 2.19. The number of hydrogen-bond acceptors (Lipinski definition) is 5. The van der Waals surface area contributed by atoms with Crippen molar-refractivity contribution in [3.8, 4) is 5.75 Å². The highest BCUT2D eigenvalue weighted by molar-refractivity contribution is 5.44. The van der Waals surface area contributed by atoms with Gasteiger partial charge in [0, 0.05) is 50.8 Å². The SMILES string of the molecule is Cc1ccc(OCC(O)CN2CCN(c3ccncc3)CC2)cc1. The van der Waals surface area contributed by atoms with Gasteiger partial charge in [-0.2, -0.15) is 0 Å². The van der Waals surface area contributed by atoms with Gasteiger partial charge >= 0.3 is 0 Å². The lowest BCUT2D eigenvalue weighted by Crippen LogP contribution is -2.49. The van der Waals surface area contributed by atoms with Crippen molar-refractivity contribution in [1.29, 1.82) is 0 Å². The monoisotopic (exact) mass is 327 g/mol. The van der Waals surface area contributed by atoms with Crippen molar-refractivity contribution in [3.63, 3.8) is 0 Å². The summed E-state index contributed by atoms with van der Waals surface area (Å²) in [7, 11) is 0. The van der Waals surface area contributed by atoms with Gasteiger partial charge in [-0.05, 0) is 31.2 Å². The third kappa shape index (κ3) is 4.69. The van der Waals surface area contributed by atoms with Gasteiger partial charge in [0.25, 0.3) is 0 Å². The highest BCUT2D eigenvalue weighted by atomic mass is 16.5. The molecule has 2 aromatic rings. The van der Waals surface area contributed by atoms with E-state index in [0.717, 1.165) is 31.9 Å². The van der Waals surface area contributed by atoms with Gasteiger partial charge < -0.3 is 14.7 Å². The van der Waals surface area contributed by atoms with Crippen LogP contribution >= 0.6 is 0 Å². The lowest BCUT2D eigenvalue weighted by atomic mass is 10.2. The smallest absolute Gasteiger partial charge is 0.119 e. The number of nitrogens with zero attached hydrogens (tertiary/aromatic N) is 3. The molecule has 1 fully saturated rings. The maximum absolute atomic E-state index is 10.2. The summed E-state index contributed by atoms with van der Waals surface area (Å²) in [5.74, 6) is 0.808. The molecule has 1 saturated heterocycles. The van der Waals surface area contributed by atoms with E-state index in [2.05, 4.69) is 14.8 Å². The van der Waals surface area contributed by atoms with Crippen LogP contribution in [0.1, 0.15) is 5.56 Å². The fraction of sp³-hybridized carbons (Fsp3) is 0.421. The molecule has 0 aliphatic carbocycles. The summed E-state index contributed by atoms with van der Waals surface area (Å²) in [4.78, 5) is 8.71. The first-order valence-corrected chi connectivity index (χ1v) is 8.45. The van der Waals surface area contributed by atoms with E-state index in [-0.39, 0.29) is 0 Å². The number of β-amino-alcohol motifs (C(OH)–C–C–N with tert-alkyl or cyclic N) is 1. The molecule has 2 heterocycles. The number of aliphatic hydroxyl groups is 1. The molecule has 5 heteroatoms. The third-order valence-corrected chi connectivity index (χ3v) is 4.33. The molecule has 1 N–H and O–H groups in total. The van der Waals surface area contributed by atoms with E-state index >= 15 is 0 Å². The van der Waals surface area contributed by atoms with Gasteiger partial charge in [-0.1, -0.05) is 17.7 Å². The normalized spacial score (nSPS) is 16.8. The largest absolute Gasteiger partial charge is 0.491 e. The molecule has 128 valence electrons. The van der Waals surface area contributed by atoms with Crippen molar-refractivity contribution in [2.24, 2.45) is 0 Å². The molecule has 1 aromatic heterocycles. The molecular weight excluding hydrogens is 302 g/mol. The number of pyridine rings is 1. The summed E-state index contributed by atoms with van der Waals surface area (Å²) >= 11 is 0. The zero-order valence-corrected chi connectivity index (χ0v) is 14.1. The molecule has 5 nitrogen and oxygen atoms in total. The minimum absolute atomic E-state index is 0.327. The average Bonchev–Trinajstić information content (AvgIpc) is 2.63. The maximum Gasteiger partial charge on any atom is 0.119 e. The van der Waals surface area contributed by atoms with E-state index in [4.69, 9.17) is 4.74 Å². The summed E-state index contributed by atoms with van der Waals surface area (Å²) < 4.78 is 5.66. The summed E-state index contributed by atoms with van der Waals surface area (Å²) in [5.41, 5.74) is 2.42. The molecule has 3 rings (SSSR count). The van der Waals surface area contributed by atoms with Gasteiger partial charge in [-0.3, -0.25) is 9.88 Å². The molecule has 1 unspecified atom stereocenters. The predicted octanol–water partition coefficient (Wildman–Crippen LogP) is 1.95. The second-order valence-electron chi connectivity index (χ2n) is 6.27. The number of aryl methyl sites for hydroxylation is 1. The Kier molecular flexibility index (Phi) is 5.67. The van der Waals surface area contributed by atoms with Crippen molar-refractivity contribution in [3.05, 3.63) is 54.4 Å². The summed E-state index contributed by atoms with van der Waals surface area (Å²) in [6, 6.07) is 12.0. The fourth-order valence-corrected chi connectivity index (χ4v) is 2.92. The Morgan fingerprint density at radius 2 is 1.71 bits per heavy atom. The Balaban J connectivity index is 1.40. The number of aliphatic hydroxyl groups excluding tert-OH is 1. The Morgan fingerprint density at radius 3 is 2.38 bits per heavy atom. The zero-order valence-electron chi connectivity index (χ0n) is 14.1. The van der Waals surface area contributed by atoms with Crippen LogP contribution < -0.4 is 9.64 Å². The number of benzene rings is 1. The van der Waals surface area contributed by atoms with Crippen molar-refractivity contribution < 1.29 is 9.84 Å². The number of hydrogen-bond donors (Lipinski definition) is 1. The fourth-order valence-electron chi connectivity index (χ4n) is 2.92. The van der Waals surface area contributed by atoms with Crippen molar-refractivity contribution in [2.45, 2.75) is 13.0 Å². The zero-order chi connectivity index (χ0) is 16.8. The second-order valence-corrected chi connectivity index (χ2v) is 6.27. The minimum atomic E-state index is -0.473. The molecule has 1 aliphatic heterocycles. The van der Waals surface area contributed by atoms with Crippen LogP contribution in [0.15, 0.2) is 48.8 Å². The lowest BCUT2D eigenvalue weighted by Gasteiger charge is -2.36. The minimum Gasteiger partial charge on any atom is -0.491 e. The van der Waals surface area contributed by atoms with Crippen LogP contribution in [0, 0.1) is 6.92 Å². The molecule has 1 aliphatic rings. The van der Waals surface area contributed by atoms with E-state index in [1.165, 1.54) is 11.3 Å². The van der Waals surface area contributed by atoms with E-state index in [0.29, 0.717) is 13.2 Å². The molecule has 0 bridgehead atoms. The Labute approximate surface area is 143 Å². The quantitative estimate of drug-likeness (QED) is 0.879. The molecule has 1 aromatic carbocycles. The molecule has 0 radical (unpaired) electrons. The summed E-state index contributed by atoms with van der Waals surface area (Å²) in [5, 5.41) is 10.2. The number of piperazine rings is 1. The van der Waals surface area contributed by atoms with Crippen molar-refractivity contribution in [1.82, 2.24) is 9.88 Å². The van der Waals surface area contributed by atoms with Crippen LogP contribution in [-0.4, -0.2) is 60.4 Å². The maximum atomic E-state index is 10.2. The number of ether oxygens (including phenoxy) is 1. The number of anilines is 1. The van der Waals surface area contributed by atoms with Crippen molar-refractivity contribution in [2.75, 3.05) is 44.2 Å². The van der Waals surface area contributed by atoms with Crippen molar-refractivity contribution >= 4 is 5.69 Å². The van der Waals surface area contributed by atoms with Crippen LogP contribution in [0.2, 0.25) is 0 Å². The highest BCUT2D eigenvalue weighted by Crippen LogP contribution is 2.15. The van der Waals surface area contributed by atoms with Gasteiger partial charge in [0.2, 0.25) is 0 Å². The number of aromatic nitrogens is 1. The van der Waals surface area contributed by atoms with Crippen LogP contribution in [0.3, 0.4) is 0 Å². The average molecular weight is 327 g/mol. The summed E-state index contributed by atoms with van der Waals surface area (Å²) in [6.45, 7) is 6.85. The third-order valence-electron chi connectivity index (χ3n) is 4.33. The van der Waals surface area contributed by atoms with Crippen LogP contribution in [-0.2, 0) is 0 Å². The van der Waals surface area contributed by atoms with Gasteiger partial charge in [-0.25, -0.2) is 0 Å². The lowest BCUT2D eigenvalue weighted by molar-refractivity contribution is 0.0663. The second kappa shape index (κ2) is 8.13. The molecule has 24 heavy (non-hydrogen) atoms. The molecule has 0 spiro atoms. The first-order valence-electron chi connectivity index (χ1n) is 8.45. The van der Waals surface area contributed by atoms with Gasteiger partial charge in [0.15, 0.2) is 0 Å². The van der Waals surface area contributed by atoms with Gasteiger partial charge in [0.05, 0.1) is 0 Å². The van der Waals surface area contributed by atoms with E-state index in [1.807, 2.05) is 55.7 Å². The molecular formula is C19H25N3O2. The Bertz CT molecular complexity index is 610. The first-order chi connectivity index (χ1) is 11.7. The van der Waals surface area contributed by atoms with E-state index < -0.39 is 6.10 Å². The standard InChI is InChI=1S/C19H25N3O2/c1-16-2-4-19(5-3-16)24-15-18(23)14-21-10-12-22(13-11-21)17-6-8-20-9-7-17/h2-9,18,23H,10-15H2,1H3. The molecule has 1 atom stereocenters. The summed E-state index contributed by atoms with van der Waals surface area (Å²) in [6.07, 6.45) is 3.18. The Hall–Kier alpha value is -2.11. The predicted molar refractivity (Wildman–Crippen MR) is 95.6 cm³/mol. The van der Waals surface area contributed by atoms with Crippen LogP contribution in [0.5, 0.6) is 5.75 Å². The van der Waals surface area contributed by atoms with E-state index in [1.54, 1.807) is 0 Å². The van der Waals surface area contributed by atoms with Crippen LogP contribution in [0.25, 0.3) is 0 Å². The molecule has 0 amide bonds. The van der Waals surface area contributed by atoms with Gasteiger partial charge in [0.1, 0.15) is 18.5 Å². The van der Waals surface area contributed by atoms with Gasteiger partial charge in [-0.15, -0.1) is 0 Å². The van der Waals surface area contributed by atoms with E-state index in [9.17, 15) is 5.11 Å². The molecule has 0 saturated carbocycles. The first kappa shape index (κ1) is 16.7. The topological polar surface area (TPSA) is 48.8 Å².